The van der Waals surface area contributed by atoms with E-state index in [9.17, 15) is 4.39 Å². The van der Waals surface area contributed by atoms with Crippen molar-refractivity contribution in [2.75, 3.05) is 7.05 Å². The molecule has 0 amide bonds. The highest BCUT2D eigenvalue weighted by Gasteiger charge is 2.04. The van der Waals surface area contributed by atoms with Crippen LogP contribution in [-0.2, 0) is 6.42 Å². The Morgan fingerprint density at radius 3 is 3.13 bits per heavy atom. The minimum absolute atomic E-state index is 0.169. The van der Waals surface area contributed by atoms with Crippen molar-refractivity contribution in [3.63, 3.8) is 0 Å². The Morgan fingerprint density at radius 2 is 2.33 bits per heavy atom. The molecule has 2 rings (SSSR count). The van der Waals surface area contributed by atoms with Gasteiger partial charge in [-0.05, 0) is 43.7 Å². The van der Waals surface area contributed by atoms with E-state index in [1.807, 2.05) is 25.7 Å². The van der Waals surface area contributed by atoms with Crippen molar-refractivity contribution < 1.29 is 4.39 Å². The van der Waals surface area contributed by atoms with Gasteiger partial charge in [-0.2, -0.15) is 0 Å². The molecule has 79 valence electrons. The highest BCUT2D eigenvalue weighted by Crippen LogP contribution is 2.19. The molecule has 0 aliphatic rings. The third kappa shape index (κ3) is 2.18. The van der Waals surface area contributed by atoms with Gasteiger partial charge in [-0.25, -0.2) is 4.39 Å². The van der Waals surface area contributed by atoms with Crippen LogP contribution in [0.2, 0.25) is 0 Å². The number of fused-ring (bicyclic) bond motifs is 1. The van der Waals surface area contributed by atoms with Crippen LogP contribution in [0.25, 0.3) is 10.9 Å². The van der Waals surface area contributed by atoms with Crippen LogP contribution in [0.15, 0.2) is 24.4 Å². The van der Waals surface area contributed by atoms with E-state index in [1.54, 1.807) is 12.3 Å². The van der Waals surface area contributed by atoms with Crippen LogP contribution in [0.4, 0.5) is 4.39 Å². The molecule has 15 heavy (non-hydrogen) atoms. The average molecular weight is 205 g/mol. The second kappa shape index (κ2) is 4.45. The number of nitrogens with one attached hydrogen (secondary N) is 2. The summed E-state index contributed by atoms with van der Waals surface area (Å²) in [6.45, 7) is 1.97. The molecule has 0 fully saturated rings. The Morgan fingerprint density at radius 1 is 1.47 bits per heavy atom. The number of halogens is 1. The highest BCUT2D eigenvalue weighted by molar-refractivity contribution is 5.80. The summed E-state index contributed by atoms with van der Waals surface area (Å²) < 4.78 is 13.5. The molecule has 0 unspecified atom stereocenters. The number of hydrogen-bond donors (Lipinski definition) is 2. The standard InChI is InChI=1S/C12H14FN2/c1-14-5-2-3-9-7-10-4-6-15-12(10)11(13)8-9/h4-8,14-15H,2-3H2,1H3. The Balaban J connectivity index is 2.21. The second-order valence-corrected chi connectivity index (χ2v) is 3.55. The molecule has 0 bridgehead atoms. The van der Waals surface area contributed by atoms with Crippen molar-refractivity contribution >= 4 is 10.9 Å². The molecule has 1 aromatic heterocycles. The second-order valence-electron chi connectivity index (χ2n) is 3.55. The number of aromatic nitrogens is 1. The van der Waals surface area contributed by atoms with Crippen LogP contribution in [0.1, 0.15) is 12.0 Å². The van der Waals surface area contributed by atoms with E-state index in [1.165, 1.54) is 0 Å². The fourth-order valence-corrected chi connectivity index (χ4v) is 1.71. The lowest BCUT2D eigenvalue weighted by Crippen LogP contribution is -2.01. The maximum atomic E-state index is 13.5. The highest BCUT2D eigenvalue weighted by atomic mass is 19.1. The molecule has 3 heteroatoms. The van der Waals surface area contributed by atoms with Gasteiger partial charge in [-0.1, -0.05) is 0 Å². The predicted octanol–water partition coefficient (Wildman–Crippen LogP) is 2.62. The third-order valence-electron chi connectivity index (χ3n) is 2.45. The van der Waals surface area contributed by atoms with E-state index in [-0.39, 0.29) is 5.82 Å². The predicted molar refractivity (Wildman–Crippen MR) is 59.9 cm³/mol. The summed E-state index contributed by atoms with van der Waals surface area (Å²) in [5, 5.41) is 3.90. The van der Waals surface area contributed by atoms with E-state index in [0.717, 1.165) is 23.8 Å². The molecule has 0 aliphatic heterocycles. The lowest BCUT2D eigenvalue weighted by atomic mass is 10.1. The molecule has 2 aromatic rings. The molecule has 0 aliphatic carbocycles. The van der Waals surface area contributed by atoms with Crippen LogP contribution in [-0.4, -0.2) is 12.0 Å². The van der Waals surface area contributed by atoms with E-state index in [4.69, 9.17) is 0 Å². The number of hydrogen-bond acceptors (Lipinski definition) is 1. The first kappa shape index (κ1) is 10.2. The van der Waals surface area contributed by atoms with E-state index in [2.05, 4.69) is 10.3 Å². The summed E-state index contributed by atoms with van der Waals surface area (Å²) in [4.78, 5) is 2.89. The lowest BCUT2D eigenvalue weighted by Gasteiger charge is -2.02. The third-order valence-corrected chi connectivity index (χ3v) is 2.45. The normalized spacial score (nSPS) is 11.1. The molecule has 0 saturated heterocycles. The van der Waals surface area contributed by atoms with Crippen molar-refractivity contribution in [1.29, 1.82) is 0 Å². The van der Waals surface area contributed by atoms with Gasteiger partial charge >= 0.3 is 0 Å². The van der Waals surface area contributed by atoms with Gasteiger partial charge in [0.15, 0.2) is 0 Å². The molecule has 0 spiro atoms. The minimum Gasteiger partial charge on any atom is -0.359 e. The van der Waals surface area contributed by atoms with Crippen molar-refractivity contribution in [2.45, 2.75) is 12.8 Å². The molecule has 2 nitrogen and oxygen atoms in total. The molecular formula is C12H14FN2. The first-order chi connectivity index (χ1) is 7.31. The Labute approximate surface area is 88.5 Å². The summed E-state index contributed by atoms with van der Waals surface area (Å²) in [5.74, 6) is -0.169. The van der Waals surface area contributed by atoms with Crippen LogP contribution < -0.4 is 5.32 Å². The van der Waals surface area contributed by atoms with Crippen molar-refractivity contribution in [3.05, 3.63) is 42.3 Å². The lowest BCUT2D eigenvalue weighted by molar-refractivity contribution is 0.634. The largest absolute Gasteiger partial charge is 0.359 e. The minimum atomic E-state index is -0.169. The molecule has 2 N–H and O–H groups in total. The summed E-state index contributed by atoms with van der Waals surface area (Å²) in [7, 11) is 1.87. The Kier molecular flexibility index (Phi) is 3.02. The molecule has 1 heterocycles. The number of aryl methyl sites for hydroxylation is 1. The monoisotopic (exact) mass is 205 g/mol. The van der Waals surface area contributed by atoms with Crippen LogP contribution in [0, 0.1) is 12.4 Å². The zero-order valence-electron chi connectivity index (χ0n) is 8.68. The summed E-state index contributed by atoms with van der Waals surface area (Å²) >= 11 is 0. The number of aromatic amines is 1. The quantitative estimate of drug-likeness (QED) is 0.738. The maximum Gasteiger partial charge on any atom is 0.147 e. The van der Waals surface area contributed by atoms with Crippen molar-refractivity contribution in [3.8, 4) is 0 Å². The molecular weight excluding hydrogens is 191 g/mol. The van der Waals surface area contributed by atoms with Gasteiger partial charge in [0.2, 0.25) is 0 Å². The van der Waals surface area contributed by atoms with Crippen LogP contribution in [0.3, 0.4) is 0 Å². The van der Waals surface area contributed by atoms with Gasteiger partial charge in [0, 0.05) is 18.1 Å². The van der Waals surface area contributed by atoms with E-state index in [0.29, 0.717) is 5.52 Å². The first-order valence-corrected chi connectivity index (χ1v) is 5.05. The molecule has 1 aromatic carbocycles. The topological polar surface area (TPSA) is 27.8 Å². The van der Waals surface area contributed by atoms with Gasteiger partial charge in [-0.3, -0.25) is 0 Å². The number of rotatable bonds is 4. The van der Waals surface area contributed by atoms with E-state index >= 15 is 0 Å². The maximum absolute atomic E-state index is 13.5. The van der Waals surface area contributed by atoms with Gasteiger partial charge < -0.3 is 10.3 Å². The van der Waals surface area contributed by atoms with Gasteiger partial charge in [-0.15, -0.1) is 0 Å². The summed E-state index contributed by atoms with van der Waals surface area (Å²) in [5.41, 5.74) is 1.63. The van der Waals surface area contributed by atoms with Crippen molar-refractivity contribution in [1.82, 2.24) is 10.3 Å². The number of H-pyrrole nitrogens is 1. The van der Waals surface area contributed by atoms with Gasteiger partial charge in [0.1, 0.15) is 5.82 Å². The summed E-state index contributed by atoms with van der Waals surface area (Å²) in [6.07, 6.45) is 3.53. The zero-order valence-corrected chi connectivity index (χ0v) is 8.68. The van der Waals surface area contributed by atoms with Gasteiger partial charge in [0.25, 0.3) is 0 Å². The number of benzene rings is 1. The Bertz CT molecular complexity index is 448. The summed E-state index contributed by atoms with van der Waals surface area (Å²) in [6, 6.07) is 5.52. The van der Waals surface area contributed by atoms with Gasteiger partial charge in [0.05, 0.1) is 5.52 Å². The van der Waals surface area contributed by atoms with Crippen LogP contribution >= 0.6 is 0 Å². The van der Waals surface area contributed by atoms with E-state index < -0.39 is 0 Å². The van der Waals surface area contributed by atoms with Crippen molar-refractivity contribution in [2.24, 2.45) is 0 Å². The average Bonchev–Trinajstić information content (AvgIpc) is 2.66. The SMILES string of the molecule is CN[CH]CCc1cc(F)c2[nH]ccc2c1. The first-order valence-electron chi connectivity index (χ1n) is 5.05. The smallest absolute Gasteiger partial charge is 0.147 e. The molecule has 1 radical (unpaired) electrons. The Hall–Kier alpha value is -1.35. The fraction of sp³-hybridized carbons (Fsp3) is 0.250. The van der Waals surface area contributed by atoms with Crippen LogP contribution in [0.5, 0.6) is 0 Å². The molecule has 0 saturated carbocycles. The zero-order chi connectivity index (χ0) is 10.7. The molecule has 0 atom stereocenters. The fourth-order valence-electron chi connectivity index (χ4n) is 1.71.